The quantitative estimate of drug-likeness (QED) is 0.456. The van der Waals surface area contributed by atoms with Gasteiger partial charge in [-0.3, -0.25) is 0 Å². The van der Waals surface area contributed by atoms with Gasteiger partial charge in [0.25, 0.3) is 0 Å². The Hall–Kier alpha value is 0.137. The summed E-state index contributed by atoms with van der Waals surface area (Å²) in [5.74, 6) is 0. The Labute approximate surface area is 71.2 Å². The molecule has 0 N–H and O–H groups in total. The Balaban J connectivity index is 2.11. The van der Waals surface area contributed by atoms with Crippen molar-refractivity contribution >= 4 is 9.76 Å². The molecule has 1 aliphatic heterocycles. The van der Waals surface area contributed by atoms with E-state index >= 15 is 0 Å². The molecule has 1 fully saturated rings. The van der Waals surface area contributed by atoms with E-state index in [4.69, 9.17) is 9.16 Å². The molecule has 0 amide bonds. The maximum absolute atomic E-state index is 5.45. The summed E-state index contributed by atoms with van der Waals surface area (Å²) in [5, 5.41) is 0. The van der Waals surface area contributed by atoms with Gasteiger partial charge in [-0.15, -0.1) is 0 Å². The van der Waals surface area contributed by atoms with Gasteiger partial charge in [-0.05, 0) is 19.4 Å². The standard InChI is InChI=1S/C8H18O2Si/c1-3-8(5-9-6-8)7-11-10-4-2/h3-7,11H2,1-2H3. The molecule has 0 atom stereocenters. The normalized spacial score (nSPS) is 22.4. The van der Waals surface area contributed by atoms with Crippen LogP contribution in [-0.2, 0) is 9.16 Å². The van der Waals surface area contributed by atoms with Gasteiger partial charge < -0.3 is 9.16 Å². The van der Waals surface area contributed by atoms with Crippen LogP contribution < -0.4 is 0 Å². The highest BCUT2D eigenvalue weighted by atomic mass is 28.2. The minimum absolute atomic E-state index is 0.244. The Morgan fingerprint density at radius 2 is 2.18 bits per heavy atom. The first-order valence-electron chi connectivity index (χ1n) is 4.48. The van der Waals surface area contributed by atoms with Gasteiger partial charge in [0.15, 0.2) is 9.76 Å². The number of rotatable bonds is 5. The molecule has 1 rings (SSSR count). The highest BCUT2D eigenvalue weighted by molar-refractivity contribution is 6.27. The second-order valence-corrected chi connectivity index (χ2v) is 4.61. The van der Waals surface area contributed by atoms with E-state index in [1.165, 1.54) is 12.5 Å². The van der Waals surface area contributed by atoms with Gasteiger partial charge in [0.1, 0.15) is 0 Å². The predicted octanol–water partition coefficient (Wildman–Crippen LogP) is 0.952. The maximum Gasteiger partial charge on any atom is 0.162 e. The van der Waals surface area contributed by atoms with Crippen LogP contribution >= 0.6 is 0 Å². The SMILES string of the molecule is CCO[SiH2]CC1(CC)COC1. The number of hydrogen-bond acceptors (Lipinski definition) is 2. The molecule has 1 aliphatic rings. The molecule has 11 heavy (non-hydrogen) atoms. The van der Waals surface area contributed by atoms with Gasteiger partial charge >= 0.3 is 0 Å². The average Bonchev–Trinajstić information content (AvgIpc) is 1.95. The molecule has 0 aliphatic carbocycles. The molecule has 0 bridgehead atoms. The summed E-state index contributed by atoms with van der Waals surface area (Å²) in [4.78, 5) is 0. The zero-order valence-electron chi connectivity index (χ0n) is 7.56. The monoisotopic (exact) mass is 174 g/mol. The van der Waals surface area contributed by atoms with Crippen LogP contribution in [-0.4, -0.2) is 29.6 Å². The fraction of sp³-hybridized carbons (Fsp3) is 1.00. The Morgan fingerprint density at radius 3 is 2.55 bits per heavy atom. The fourth-order valence-corrected chi connectivity index (χ4v) is 2.86. The molecule has 0 aromatic heterocycles. The van der Waals surface area contributed by atoms with Gasteiger partial charge in [0, 0.05) is 12.0 Å². The summed E-state index contributed by atoms with van der Waals surface area (Å²) in [7, 11) is -0.244. The van der Waals surface area contributed by atoms with Crippen molar-refractivity contribution in [2.75, 3.05) is 19.8 Å². The molecule has 0 radical (unpaired) electrons. The number of ether oxygens (including phenoxy) is 1. The number of hydrogen-bond donors (Lipinski definition) is 0. The molecule has 0 aromatic rings. The largest absolute Gasteiger partial charge is 0.424 e. The highest BCUT2D eigenvalue weighted by Gasteiger charge is 2.36. The Bertz CT molecular complexity index is 107. The lowest BCUT2D eigenvalue weighted by molar-refractivity contribution is -0.103. The van der Waals surface area contributed by atoms with Crippen molar-refractivity contribution in [2.24, 2.45) is 5.41 Å². The van der Waals surface area contributed by atoms with E-state index in [1.54, 1.807) is 0 Å². The third kappa shape index (κ3) is 2.29. The fourth-order valence-electron chi connectivity index (χ4n) is 1.35. The third-order valence-corrected chi connectivity index (χ3v) is 4.51. The lowest BCUT2D eigenvalue weighted by Gasteiger charge is -2.40. The van der Waals surface area contributed by atoms with Crippen molar-refractivity contribution in [1.29, 1.82) is 0 Å². The minimum atomic E-state index is -0.244. The van der Waals surface area contributed by atoms with Gasteiger partial charge in [0.05, 0.1) is 13.2 Å². The molecule has 66 valence electrons. The van der Waals surface area contributed by atoms with Crippen LogP contribution in [0.3, 0.4) is 0 Å². The van der Waals surface area contributed by atoms with Crippen molar-refractivity contribution in [2.45, 2.75) is 26.3 Å². The third-order valence-electron chi connectivity index (χ3n) is 2.55. The molecule has 1 saturated heterocycles. The predicted molar refractivity (Wildman–Crippen MR) is 48.5 cm³/mol. The van der Waals surface area contributed by atoms with Crippen LogP contribution in [0.2, 0.25) is 6.04 Å². The molecule has 0 spiro atoms. The van der Waals surface area contributed by atoms with Crippen LogP contribution in [0.1, 0.15) is 20.3 Å². The molecule has 3 heteroatoms. The second-order valence-electron chi connectivity index (χ2n) is 3.29. The summed E-state index contributed by atoms with van der Waals surface area (Å²) in [6.07, 6.45) is 1.26. The van der Waals surface area contributed by atoms with Crippen molar-refractivity contribution in [3.63, 3.8) is 0 Å². The van der Waals surface area contributed by atoms with Gasteiger partial charge in [-0.1, -0.05) is 6.92 Å². The molecule has 2 nitrogen and oxygen atoms in total. The van der Waals surface area contributed by atoms with Crippen molar-refractivity contribution < 1.29 is 9.16 Å². The van der Waals surface area contributed by atoms with Gasteiger partial charge in [-0.25, -0.2) is 0 Å². The van der Waals surface area contributed by atoms with E-state index in [2.05, 4.69) is 13.8 Å². The van der Waals surface area contributed by atoms with E-state index in [0.29, 0.717) is 5.41 Å². The van der Waals surface area contributed by atoms with Crippen LogP contribution in [0.25, 0.3) is 0 Å². The molecule has 0 aromatic carbocycles. The Morgan fingerprint density at radius 1 is 1.45 bits per heavy atom. The zero-order valence-corrected chi connectivity index (χ0v) is 8.97. The van der Waals surface area contributed by atoms with Crippen LogP contribution in [0, 0.1) is 5.41 Å². The van der Waals surface area contributed by atoms with Crippen LogP contribution in [0.5, 0.6) is 0 Å². The van der Waals surface area contributed by atoms with Gasteiger partial charge in [0.2, 0.25) is 0 Å². The smallest absolute Gasteiger partial charge is 0.162 e. The molecular formula is C8H18O2Si. The summed E-state index contributed by atoms with van der Waals surface area (Å²) in [5.41, 5.74) is 0.529. The van der Waals surface area contributed by atoms with E-state index in [1.807, 2.05) is 0 Å². The lowest BCUT2D eigenvalue weighted by atomic mass is 9.85. The second kappa shape index (κ2) is 4.23. The van der Waals surface area contributed by atoms with E-state index in [9.17, 15) is 0 Å². The first kappa shape index (κ1) is 9.23. The highest BCUT2D eigenvalue weighted by Crippen LogP contribution is 2.34. The topological polar surface area (TPSA) is 18.5 Å². The molecular weight excluding hydrogens is 156 g/mol. The summed E-state index contributed by atoms with van der Waals surface area (Å²) in [6, 6.07) is 1.30. The summed E-state index contributed by atoms with van der Waals surface area (Å²) >= 11 is 0. The lowest BCUT2D eigenvalue weighted by Crippen LogP contribution is -2.42. The van der Waals surface area contributed by atoms with E-state index in [0.717, 1.165) is 19.8 Å². The Kier molecular flexibility index (Phi) is 3.55. The zero-order chi connectivity index (χ0) is 8.16. The van der Waals surface area contributed by atoms with E-state index < -0.39 is 0 Å². The summed E-state index contributed by atoms with van der Waals surface area (Å²) in [6.45, 7) is 7.17. The van der Waals surface area contributed by atoms with Crippen molar-refractivity contribution in [3.05, 3.63) is 0 Å². The van der Waals surface area contributed by atoms with Crippen molar-refractivity contribution in [3.8, 4) is 0 Å². The minimum Gasteiger partial charge on any atom is -0.424 e. The van der Waals surface area contributed by atoms with Crippen molar-refractivity contribution in [1.82, 2.24) is 0 Å². The van der Waals surface area contributed by atoms with Crippen LogP contribution in [0.15, 0.2) is 0 Å². The van der Waals surface area contributed by atoms with E-state index in [-0.39, 0.29) is 9.76 Å². The summed E-state index contributed by atoms with van der Waals surface area (Å²) < 4.78 is 10.7. The van der Waals surface area contributed by atoms with Gasteiger partial charge in [-0.2, -0.15) is 0 Å². The molecule has 0 saturated carbocycles. The first-order chi connectivity index (χ1) is 5.33. The molecule has 0 unspecified atom stereocenters. The average molecular weight is 174 g/mol. The molecule has 1 heterocycles. The first-order valence-corrected chi connectivity index (χ1v) is 6.06. The maximum atomic E-state index is 5.45. The van der Waals surface area contributed by atoms with Crippen LogP contribution in [0.4, 0.5) is 0 Å².